The third-order valence-corrected chi connectivity index (χ3v) is 2.59. The van der Waals surface area contributed by atoms with Crippen LogP contribution in [0.1, 0.15) is 71.0 Å². The first-order chi connectivity index (χ1) is 8.15. The van der Waals surface area contributed by atoms with Crippen LogP contribution in [0.15, 0.2) is 4.42 Å². The first-order valence-corrected chi connectivity index (χ1v) is 6.32. The van der Waals surface area contributed by atoms with E-state index >= 15 is 0 Å². The second kappa shape index (κ2) is 5.08. The molecule has 0 aliphatic carbocycles. The van der Waals surface area contributed by atoms with Crippen molar-refractivity contribution in [3.63, 3.8) is 0 Å². The fraction of sp³-hybridized carbons (Fsp3) is 0.769. The van der Waals surface area contributed by atoms with Crippen LogP contribution >= 0.6 is 0 Å². The van der Waals surface area contributed by atoms with Gasteiger partial charge < -0.3 is 9.73 Å². The van der Waals surface area contributed by atoms with E-state index in [-0.39, 0.29) is 22.8 Å². The van der Waals surface area contributed by atoms with Gasteiger partial charge in [0.2, 0.25) is 5.89 Å². The molecule has 1 rings (SSSR count). The van der Waals surface area contributed by atoms with Gasteiger partial charge in [-0.2, -0.15) is 0 Å². The van der Waals surface area contributed by atoms with Crippen molar-refractivity contribution < 1.29 is 9.21 Å². The summed E-state index contributed by atoms with van der Waals surface area (Å²) in [6.45, 7) is 11.9. The number of hydrogen-bond acceptors (Lipinski definition) is 4. The Morgan fingerprint density at radius 1 is 1.22 bits per heavy atom. The number of nitrogens with one attached hydrogen (secondary N) is 1. The van der Waals surface area contributed by atoms with E-state index in [4.69, 9.17) is 4.42 Å². The smallest absolute Gasteiger partial charge is 0.309 e. The lowest BCUT2D eigenvalue weighted by Crippen LogP contribution is -2.43. The predicted molar refractivity (Wildman–Crippen MR) is 69.5 cm³/mol. The summed E-state index contributed by atoms with van der Waals surface area (Å²) in [4.78, 5) is 12.0. The number of aromatic nitrogens is 2. The number of carbonyl (C=O) groups is 1. The lowest BCUT2D eigenvalue weighted by molar-refractivity contribution is 0.0870. The maximum Gasteiger partial charge on any atom is 0.309 e. The van der Waals surface area contributed by atoms with E-state index in [2.05, 4.69) is 22.4 Å². The lowest BCUT2D eigenvalue weighted by Gasteiger charge is -2.24. The van der Waals surface area contributed by atoms with Crippen LogP contribution in [0.25, 0.3) is 0 Å². The highest BCUT2D eigenvalue weighted by Gasteiger charge is 2.26. The molecule has 0 saturated heterocycles. The minimum atomic E-state index is -0.309. The Hall–Kier alpha value is -1.39. The van der Waals surface area contributed by atoms with E-state index < -0.39 is 0 Å². The molecule has 18 heavy (non-hydrogen) atoms. The Morgan fingerprint density at radius 2 is 1.83 bits per heavy atom. The highest BCUT2D eigenvalue weighted by molar-refractivity contribution is 5.89. The van der Waals surface area contributed by atoms with Gasteiger partial charge in [-0.25, -0.2) is 0 Å². The van der Waals surface area contributed by atoms with Crippen LogP contribution < -0.4 is 5.32 Å². The monoisotopic (exact) mass is 253 g/mol. The van der Waals surface area contributed by atoms with Crippen LogP contribution in [0, 0.1) is 0 Å². The fourth-order valence-corrected chi connectivity index (χ4v) is 1.67. The van der Waals surface area contributed by atoms with E-state index in [0.717, 1.165) is 12.8 Å². The molecule has 1 aromatic heterocycles. The zero-order valence-electron chi connectivity index (χ0n) is 12.1. The van der Waals surface area contributed by atoms with Crippen molar-refractivity contribution in [2.45, 2.75) is 65.3 Å². The van der Waals surface area contributed by atoms with Gasteiger partial charge in [0, 0.05) is 11.0 Å². The standard InChI is InChI=1S/C13H23N3O2/c1-7-8-13(5,6)14-9(17)10-15-16-11(18-10)12(2,3)4/h7-8H2,1-6H3,(H,14,17). The molecule has 1 N–H and O–H groups in total. The molecule has 0 spiro atoms. The largest absolute Gasteiger partial charge is 0.416 e. The van der Waals surface area contributed by atoms with E-state index in [1.54, 1.807) is 0 Å². The maximum absolute atomic E-state index is 12.0. The van der Waals surface area contributed by atoms with Gasteiger partial charge in [-0.1, -0.05) is 34.1 Å². The molecule has 0 fully saturated rings. The number of nitrogens with zero attached hydrogens (tertiary/aromatic N) is 2. The van der Waals surface area contributed by atoms with Crippen LogP contribution in [-0.2, 0) is 5.41 Å². The first-order valence-electron chi connectivity index (χ1n) is 6.32. The van der Waals surface area contributed by atoms with Gasteiger partial charge in [0.15, 0.2) is 0 Å². The minimum Gasteiger partial charge on any atom is -0.416 e. The van der Waals surface area contributed by atoms with Crippen LogP contribution in [0.3, 0.4) is 0 Å². The van der Waals surface area contributed by atoms with Gasteiger partial charge >= 0.3 is 11.8 Å². The second-order valence-electron chi connectivity index (χ2n) is 6.25. The van der Waals surface area contributed by atoms with Gasteiger partial charge in [0.05, 0.1) is 0 Å². The van der Waals surface area contributed by atoms with Crippen molar-refractivity contribution in [1.29, 1.82) is 0 Å². The summed E-state index contributed by atoms with van der Waals surface area (Å²) in [7, 11) is 0. The van der Waals surface area contributed by atoms with Crippen molar-refractivity contribution in [3.8, 4) is 0 Å². The van der Waals surface area contributed by atoms with Gasteiger partial charge in [-0.05, 0) is 20.3 Å². The number of hydrogen-bond donors (Lipinski definition) is 1. The molecule has 1 aromatic rings. The molecule has 5 heteroatoms. The van der Waals surface area contributed by atoms with E-state index in [1.165, 1.54) is 0 Å². The third kappa shape index (κ3) is 3.82. The highest BCUT2D eigenvalue weighted by atomic mass is 16.4. The molecule has 0 saturated carbocycles. The molecular formula is C13H23N3O2. The highest BCUT2D eigenvalue weighted by Crippen LogP contribution is 2.20. The Morgan fingerprint density at radius 3 is 2.28 bits per heavy atom. The normalized spacial score (nSPS) is 12.6. The predicted octanol–water partition coefficient (Wildman–Crippen LogP) is 2.68. The van der Waals surface area contributed by atoms with Crippen molar-refractivity contribution in [3.05, 3.63) is 11.8 Å². The van der Waals surface area contributed by atoms with Crippen LogP contribution in [0.2, 0.25) is 0 Å². The molecule has 1 amide bonds. The molecule has 102 valence electrons. The topological polar surface area (TPSA) is 68.0 Å². The molecule has 0 bridgehead atoms. The van der Waals surface area contributed by atoms with Gasteiger partial charge in [-0.15, -0.1) is 10.2 Å². The molecule has 0 unspecified atom stereocenters. The average molecular weight is 253 g/mol. The summed E-state index contributed by atoms with van der Waals surface area (Å²) in [5.74, 6) is 0.196. The Balaban J connectivity index is 2.77. The number of carbonyl (C=O) groups excluding carboxylic acids is 1. The molecule has 5 nitrogen and oxygen atoms in total. The quantitative estimate of drug-likeness (QED) is 0.895. The number of rotatable bonds is 4. The van der Waals surface area contributed by atoms with Crippen LogP contribution in [-0.4, -0.2) is 21.6 Å². The lowest BCUT2D eigenvalue weighted by atomic mass is 9.97. The second-order valence-corrected chi connectivity index (χ2v) is 6.25. The maximum atomic E-state index is 12.0. The summed E-state index contributed by atoms with van der Waals surface area (Å²) in [5.41, 5.74) is -0.507. The van der Waals surface area contributed by atoms with Crippen molar-refractivity contribution in [1.82, 2.24) is 15.5 Å². The summed E-state index contributed by atoms with van der Waals surface area (Å²) < 4.78 is 5.40. The average Bonchev–Trinajstić information content (AvgIpc) is 2.63. The molecule has 0 aromatic carbocycles. The van der Waals surface area contributed by atoms with Crippen LogP contribution in [0.4, 0.5) is 0 Å². The van der Waals surface area contributed by atoms with E-state index in [9.17, 15) is 4.79 Å². The molecule has 0 aliphatic rings. The molecule has 1 heterocycles. The van der Waals surface area contributed by atoms with Gasteiger partial charge in [-0.3, -0.25) is 4.79 Å². The van der Waals surface area contributed by atoms with Gasteiger partial charge in [0.25, 0.3) is 0 Å². The zero-order chi connectivity index (χ0) is 14.0. The Kier molecular flexibility index (Phi) is 4.14. The summed E-state index contributed by atoms with van der Waals surface area (Å²) >= 11 is 0. The number of amides is 1. The van der Waals surface area contributed by atoms with Crippen molar-refractivity contribution in [2.75, 3.05) is 0 Å². The SMILES string of the molecule is CCCC(C)(C)NC(=O)c1nnc(C(C)(C)C)o1. The van der Waals surface area contributed by atoms with E-state index in [1.807, 2.05) is 34.6 Å². The Labute approximate surface area is 108 Å². The molecule has 0 radical (unpaired) electrons. The molecule has 0 aliphatic heterocycles. The van der Waals surface area contributed by atoms with E-state index in [0.29, 0.717) is 5.89 Å². The first kappa shape index (κ1) is 14.7. The molecule has 0 atom stereocenters. The minimum absolute atomic E-state index is 0.0316. The zero-order valence-corrected chi connectivity index (χ0v) is 12.1. The fourth-order valence-electron chi connectivity index (χ4n) is 1.67. The summed E-state index contributed by atoms with van der Waals surface area (Å²) in [6, 6.07) is 0. The van der Waals surface area contributed by atoms with Crippen LogP contribution in [0.5, 0.6) is 0 Å². The summed E-state index contributed by atoms with van der Waals surface area (Å²) in [5, 5.41) is 10.6. The summed E-state index contributed by atoms with van der Waals surface area (Å²) in [6.07, 6.45) is 1.91. The molecular weight excluding hydrogens is 230 g/mol. The van der Waals surface area contributed by atoms with Crippen molar-refractivity contribution >= 4 is 5.91 Å². The van der Waals surface area contributed by atoms with Gasteiger partial charge in [0.1, 0.15) is 0 Å². The third-order valence-electron chi connectivity index (χ3n) is 2.59. The Bertz CT molecular complexity index is 416. The van der Waals surface area contributed by atoms with Crippen molar-refractivity contribution in [2.24, 2.45) is 0 Å².